The summed E-state index contributed by atoms with van der Waals surface area (Å²) in [4.78, 5) is 4.51. The van der Waals surface area contributed by atoms with Crippen molar-refractivity contribution in [3.05, 3.63) is 11.7 Å². The minimum Gasteiger partial charge on any atom is -0.339 e. The second-order valence-electron chi connectivity index (χ2n) is 4.33. The number of nitrogens with zero attached hydrogens (tertiary/aromatic N) is 2. The molecule has 15 heavy (non-hydrogen) atoms. The van der Waals surface area contributed by atoms with Gasteiger partial charge in [0.05, 0.1) is 5.41 Å². The van der Waals surface area contributed by atoms with E-state index in [1.807, 2.05) is 0 Å². The van der Waals surface area contributed by atoms with Gasteiger partial charge in [-0.15, -0.1) is 0 Å². The van der Waals surface area contributed by atoms with E-state index in [4.69, 9.17) is 4.52 Å². The van der Waals surface area contributed by atoms with E-state index in [9.17, 15) is 0 Å². The van der Waals surface area contributed by atoms with E-state index >= 15 is 0 Å². The average Bonchev–Trinajstić information content (AvgIpc) is 2.86. The number of nitrogens with one attached hydrogen (secondary N) is 1. The van der Waals surface area contributed by atoms with Crippen LogP contribution in [0.25, 0.3) is 0 Å². The minimum absolute atomic E-state index is 0.0962. The lowest BCUT2D eigenvalue weighted by Crippen LogP contribution is -2.28. The first kappa shape index (κ1) is 10.6. The van der Waals surface area contributed by atoms with Crippen LogP contribution in [0, 0.1) is 0 Å². The van der Waals surface area contributed by atoms with Crippen LogP contribution in [0.4, 0.5) is 0 Å². The van der Waals surface area contributed by atoms with Gasteiger partial charge in [-0.25, -0.2) is 0 Å². The van der Waals surface area contributed by atoms with Gasteiger partial charge in [-0.05, 0) is 25.8 Å². The number of aromatic nitrogens is 2. The molecule has 1 saturated heterocycles. The Kier molecular flexibility index (Phi) is 3.05. The highest BCUT2D eigenvalue weighted by atomic mass is 16.5. The third-order valence-corrected chi connectivity index (χ3v) is 3.32. The molecule has 0 aromatic carbocycles. The highest BCUT2D eigenvalue weighted by Gasteiger charge is 2.39. The summed E-state index contributed by atoms with van der Waals surface area (Å²) in [6.07, 6.45) is 4.15. The Morgan fingerprint density at radius 1 is 1.47 bits per heavy atom. The first-order valence-corrected chi connectivity index (χ1v) is 5.84. The zero-order chi connectivity index (χ0) is 10.7. The Bertz CT molecular complexity index is 315. The molecular formula is C11H19N3O. The maximum Gasteiger partial charge on any atom is 0.234 e. The predicted molar refractivity (Wildman–Crippen MR) is 57.7 cm³/mol. The standard InChI is InChI=1S/C11H19N3O/c1-3-5-9-13-10(15-14-9)11(4-2)6-7-12-8-11/h12H,3-8H2,1-2H3. The third-order valence-electron chi connectivity index (χ3n) is 3.32. The lowest BCUT2D eigenvalue weighted by atomic mass is 9.84. The average molecular weight is 209 g/mol. The Morgan fingerprint density at radius 2 is 2.33 bits per heavy atom. The highest BCUT2D eigenvalue weighted by Crippen LogP contribution is 2.32. The lowest BCUT2D eigenvalue weighted by Gasteiger charge is -2.20. The summed E-state index contributed by atoms with van der Waals surface area (Å²) >= 11 is 0. The molecule has 4 heteroatoms. The van der Waals surface area contributed by atoms with Gasteiger partial charge in [-0.1, -0.05) is 19.0 Å². The molecule has 0 saturated carbocycles. The van der Waals surface area contributed by atoms with E-state index in [-0.39, 0.29) is 5.41 Å². The van der Waals surface area contributed by atoms with E-state index in [2.05, 4.69) is 29.3 Å². The molecule has 2 heterocycles. The molecular weight excluding hydrogens is 190 g/mol. The smallest absolute Gasteiger partial charge is 0.234 e. The van der Waals surface area contributed by atoms with Gasteiger partial charge in [0.2, 0.25) is 5.89 Å². The van der Waals surface area contributed by atoms with Gasteiger partial charge in [0, 0.05) is 13.0 Å². The molecule has 1 N–H and O–H groups in total. The molecule has 1 aliphatic heterocycles. The van der Waals surface area contributed by atoms with E-state index < -0.39 is 0 Å². The lowest BCUT2D eigenvalue weighted by molar-refractivity contribution is 0.283. The van der Waals surface area contributed by atoms with Crippen molar-refractivity contribution in [3.8, 4) is 0 Å². The van der Waals surface area contributed by atoms with Crippen LogP contribution < -0.4 is 5.32 Å². The number of hydrogen-bond acceptors (Lipinski definition) is 4. The third kappa shape index (κ3) is 1.91. The molecule has 2 rings (SSSR count). The van der Waals surface area contributed by atoms with Crippen molar-refractivity contribution < 1.29 is 4.52 Å². The maximum atomic E-state index is 5.39. The van der Waals surface area contributed by atoms with Crippen molar-refractivity contribution >= 4 is 0 Å². The van der Waals surface area contributed by atoms with Crippen molar-refractivity contribution in [1.29, 1.82) is 0 Å². The number of aryl methyl sites for hydroxylation is 1. The monoisotopic (exact) mass is 209 g/mol. The highest BCUT2D eigenvalue weighted by molar-refractivity contribution is 5.09. The van der Waals surface area contributed by atoms with Gasteiger partial charge < -0.3 is 9.84 Å². The van der Waals surface area contributed by atoms with E-state index in [1.165, 1.54) is 0 Å². The summed E-state index contributed by atoms with van der Waals surface area (Å²) < 4.78 is 5.39. The second-order valence-corrected chi connectivity index (χ2v) is 4.33. The molecule has 1 aromatic heterocycles. The zero-order valence-electron chi connectivity index (χ0n) is 9.55. The molecule has 0 bridgehead atoms. The Balaban J connectivity index is 2.19. The minimum atomic E-state index is 0.0962. The van der Waals surface area contributed by atoms with Gasteiger partial charge >= 0.3 is 0 Å². The first-order valence-electron chi connectivity index (χ1n) is 5.84. The van der Waals surface area contributed by atoms with Gasteiger partial charge in [-0.2, -0.15) is 4.98 Å². The van der Waals surface area contributed by atoms with Crippen LogP contribution in [-0.2, 0) is 11.8 Å². The van der Waals surface area contributed by atoms with E-state index in [0.717, 1.165) is 50.5 Å². The molecule has 0 radical (unpaired) electrons. The van der Waals surface area contributed by atoms with Crippen molar-refractivity contribution in [1.82, 2.24) is 15.5 Å². The summed E-state index contributed by atoms with van der Waals surface area (Å²) in [6.45, 7) is 6.34. The summed E-state index contributed by atoms with van der Waals surface area (Å²) in [7, 11) is 0. The molecule has 84 valence electrons. The fourth-order valence-corrected chi connectivity index (χ4v) is 2.17. The first-order chi connectivity index (χ1) is 7.30. The molecule has 1 aliphatic rings. The zero-order valence-corrected chi connectivity index (χ0v) is 9.55. The van der Waals surface area contributed by atoms with Gasteiger partial charge in [0.15, 0.2) is 5.82 Å². The molecule has 0 aliphatic carbocycles. The summed E-state index contributed by atoms with van der Waals surface area (Å²) in [5.74, 6) is 1.69. The molecule has 0 amide bonds. The molecule has 4 nitrogen and oxygen atoms in total. The fraction of sp³-hybridized carbons (Fsp3) is 0.818. The SMILES string of the molecule is CCCc1noc(C2(CC)CCNC2)n1. The van der Waals surface area contributed by atoms with Gasteiger partial charge in [0.1, 0.15) is 0 Å². The van der Waals surface area contributed by atoms with Crippen molar-refractivity contribution in [3.63, 3.8) is 0 Å². The molecule has 1 unspecified atom stereocenters. The number of hydrogen-bond donors (Lipinski definition) is 1. The maximum absolute atomic E-state index is 5.39. The Morgan fingerprint density at radius 3 is 2.93 bits per heavy atom. The van der Waals surface area contributed by atoms with Gasteiger partial charge in [0.25, 0.3) is 0 Å². The van der Waals surface area contributed by atoms with E-state index in [0.29, 0.717) is 0 Å². The van der Waals surface area contributed by atoms with Crippen LogP contribution in [0.2, 0.25) is 0 Å². The van der Waals surface area contributed by atoms with Crippen LogP contribution in [-0.4, -0.2) is 23.2 Å². The quantitative estimate of drug-likeness (QED) is 0.819. The van der Waals surface area contributed by atoms with Crippen LogP contribution in [0.3, 0.4) is 0 Å². The summed E-state index contributed by atoms with van der Waals surface area (Å²) in [5.41, 5.74) is 0.0962. The summed E-state index contributed by atoms with van der Waals surface area (Å²) in [5, 5.41) is 7.41. The van der Waals surface area contributed by atoms with Crippen LogP contribution >= 0.6 is 0 Å². The molecule has 0 spiro atoms. The normalized spacial score (nSPS) is 26.0. The van der Waals surface area contributed by atoms with E-state index in [1.54, 1.807) is 0 Å². The van der Waals surface area contributed by atoms with Gasteiger partial charge in [-0.3, -0.25) is 0 Å². The Labute approximate surface area is 90.4 Å². The topological polar surface area (TPSA) is 51.0 Å². The van der Waals surface area contributed by atoms with Crippen LogP contribution in [0.1, 0.15) is 44.8 Å². The van der Waals surface area contributed by atoms with Crippen molar-refractivity contribution in [2.24, 2.45) is 0 Å². The van der Waals surface area contributed by atoms with Crippen molar-refractivity contribution in [2.45, 2.75) is 44.9 Å². The fourth-order valence-electron chi connectivity index (χ4n) is 2.17. The van der Waals surface area contributed by atoms with Crippen LogP contribution in [0.15, 0.2) is 4.52 Å². The Hall–Kier alpha value is -0.900. The van der Waals surface area contributed by atoms with Crippen molar-refractivity contribution in [2.75, 3.05) is 13.1 Å². The predicted octanol–water partition coefficient (Wildman–Crippen LogP) is 1.66. The number of rotatable bonds is 4. The van der Waals surface area contributed by atoms with Crippen LogP contribution in [0.5, 0.6) is 0 Å². The summed E-state index contributed by atoms with van der Waals surface area (Å²) in [6, 6.07) is 0. The second kappa shape index (κ2) is 4.31. The molecule has 1 atom stereocenters. The largest absolute Gasteiger partial charge is 0.339 e. The molecule has 1 fully saturated rings. The molecule has 1 aromatic rings.